The van der Waals surface area contributed by atoms with Gasteiger partial charge >= 0.3 is 5.97 Å². The highest BCUT2D eigenvalue weighted by Crippen LogP contribution is 2.18. The second kappa shape index (κ2) is 4.69. The van der Waals surface area contributed by atoms with Gasteiger partial charge in [0.05, 0.1) is 11.5 Å². The van der Waals surface area contributed by atoms with Crippen molar-refractivity contribution in [1.82, 2.24) is 0 Å². The Bertz CT molecular complexity index is 471. The molecule has 16 heavy (non-hydrogen) atoms. The van der Waals surface area contributed by atoms with Crippen LogP contribution in [0.15, 0.2) is 16.7 Å². The van der Waals surface area contributed by atoms with Gasteiger partial charge in [-0.2, -0.15) is 0 Å². The first-order valence-electron chi connectivity index (χ1n) is 4.89. The lowest BCUT2D eigenvalue weighted by molar-refractivity contribution is 0.0695. The monoisotopic (exact) mass is 246 g/mol. The summed E-state index contributed by atoms with van der Waals surface area (Å²) in [5.41, 5.74) is -0.0909. The Labute approximate surface area is 94.0 Å². The Kier molecular flexibility index (Phi) is 3.74. The molecular formula is C10H14O5S. The predicted octanol–water partition coefficient (Wildman–Crippen LogP) is 1.69. The minimum absolute atomic E-state index is 0.00667. The van der Waals surface area contributed by atoms with E-state index in [1.54, 1.807) is 13.8 Å². The topological polar surface area (TPSA) is 84.6 Å². The molecule has 6 heteroatoms. The zero-order valence-electron chi connectivity index (χ0n) is 9.13. The standard InChI is InChI=1S/C10H14O5S/c1-3-7(2)16(13,14)6-9-8(10(11)12)4-5-15-9/h4-5,7H,3,6H2,1-2H3,(H,11,12). The molecule has 0 amide bonds. The first-order chi connectivity index (χ1) is 7.38. The SMILES string of the molecule is CCC(C)S(=O)(=O)Cc1occc1C(=O)O. The lowest BCUT2D eigenvalue weighted by Gasteiger charge is -2.09. The average Bonchev–Trinajstić information content (AvgIpc) is 2.63. The molecule has 0 saturated carbocycles. The maximum atomic E-state index is 11.8. The summed E-state index contributed by atoms with van der Waals surface area (Å²) in [4.78, 5) is 10.8. The molecule has 1 heterocycles. The van der Waals surface area contributed by atoms with Gasteiger partial charge in [-0.05, 0) is 19.4 Å². The summed E-state index contributed by atoms with van der Waals surface area (Å²) in [6, 6.07) is 1.25. The van der Waals surface area contributed by atoms with Crippen molar-refractivity contribution < 1.29 is 22.7 Å². The van der Waals surface area contributed by atoms with Crippen molar-refractivity contribution in [2.75, 3.05) is 0 Å². The van der Waals surface area contributed by atoms with Crippen molar-refractivity contribution in [3.05, 3.63) is 23.7 Å². The zero-order valence-corrected chi connectivity index (χ0v) is 9.95. The maximum Gasteiger partial charge on any atom is 0.339 e. The number of carboxylic acids is 1. The second-order valence-electron chi connectivity index (χ2n) is 3.59. The average molecular weight is 246 g/mol. The minimum Gasteiger partial charge on any atom is -0.478 e. The number of furan rings is 1. The fraction of sp³-hybridized carbons (Fsp3) is 0.500. The molecule has 1 N–H and O–H groups in total. The Hall–Kier alpha value is -1.30. The van der Waals surface area contributed by atoms with Crippen LogP contribution in [-0.4, -0.2) is 24.7 Å². The van der Waals surface area contributed by atoms with Crippen molar-refractivity contribution in [3.63, 3.8) is 0 Å². The molecule has 90 valence electrons. The van der Waals surface area contributed by atoms with Crippen LogP contribution in [0.2, 0.25) is 0 Å². The third kappa shape index (κ3) is 2.63. The number of rotatable bonds is 5. The number of hydrogen-bond acceptors (Lipinski definition) is 4. The Morgan fingerprint density at radius 2 is 2.19 bits per heavy atom. The number of sulfone groups is 1. The lowest BCUT2D eigenvalue weighted by atomic mass is 10.3. The van der Waals surface area contributed by atoms with E-state index in [9.17, 15) is 13.2 Å². The van der Waals surface area contributed by atoms with Gasteiger partial charge in [-0.1, -0.05) is 6.92 Å². The molecule has 0 spiro atoms. The summed E-state index contributed by atoms with van der Waals surface area (Å²) in [5, 5.41) is 8.29. The molecule has 1 aromatic heterocycles. The van der Waals surface area contributed by atoms with Crippen LogP contribution in [0.25, 0.3) is 0 Å². The van der Waals surface area contributed by atoms with Crippen LogP contribution < -0.4 is 0 Å². The van der Waals surface area contributed by atoms with Crippen molar-refractivity contribution >= 4 is 15.8 Å². The molecule has 0 aliphatic heterocycles. The van der Waals surface area contributed by atoms with E-state index in [-0.39, 0.29) is 17.1 Å². The van der Waals surface area contributed by atoms with Crippen molar-refractivity contribution in [2.24, 2.45) is 0 Å². The molecule has 0 saturated heterocycles. The highest BCUT2D eigenvalue weighted by Gasteiger charge is 2.24. The number of carbonyl (C=O) groups is 1. The molecule has 1 atom stereocenters. The van der Waals surface area contributed by atoms with Crippen LogP contribution in [-0.2, 0) is 15.6 Å². The van der Waals surface area contributed by atoms with E-state index in [0.29, 0.717) is 6.42 Å². The van der Waals surface area contributed by atoms with E-state index in [4.69, 9.17) is 9.52 Å². The lowest BCUT2D eigenvalue weighted by Crippen LogP contribution is -2.19. The van der Waals surface area contributed by atoms with E-state index in [1.807, 2.05) is 0 Å². The van der Waals surface area contributed by atoms with Crippen LogP contribution in [0, 0.1) is 0 Å². The number of carboxylic acid groups (broad SMARTS) is 1. The smallest absolute Gasteiger partial charge is 0.339 e. The highest BCUT2D eigenvalue weighted by atomic mass is 32.2. The molecule has 0 aliphatic rings. The van der Waals surface area contributed by atoms with Crippen LogP contribution >= 0.6 is 0 Å². The molecular weight excluding hydrogens is 232 g/mol. The fourth-order valence-corrected chi connectivity index (χ4v) is 2.60. The van der Waals surface area contributed by atoms with E-state index in [0.717, 1.165) is 0 Å². The largest absolute Gasteiger partial charge is 0.478 e. The fourth-order valence-electron chi connectivity index (χ4n) is 1.22. The van der Waals surface area contributed by atoms with Gasteiger partial charge in [0.25, 0.3) is 0 Å². The van der Waals surface area contributed by atoms with Crippen molar-refractivity contribution in [3.8, 4) is 0 Å². The summed E-state index contributed by atoms with van der Waals surface area (Å²) in [5.74, 6) is -1.55. The van der Waals surface area contributed by atoms with Gasteiger partial charge in [0.1, 0.15) is 17.1 Å². The molecule has 1 rings (SSSR count). The van der Waals surface area contributed by atoms with Crippen LogP contribution in [0.3, 0.4) is 0 Å². The molecule has 0 fully saturated rings. The van der Waals surface area contributed by atoms with E-state index < -0.39 is 21.1 Å². The summed E-state index contributed by atoms with van der Waals surface area (Å²) in [6.07, 6.45) is 1.68. The van der Waals surface area contributed by atoms with Gasteiger partial charge in [-0.25, -0.2) is 13.2 Å². The quantitative estimate of drug-likeness (QED) is 0.854. The van der Waals surface area contributed by atoms with Gasteiger partial charge in [0.2, 0.25) is 0 Å². The predicted molar refractivity (Wildman–Crippen MR) is 58.0 cm³/mol. The van der Waals surface area contributed by atoms with Gasteiger partial charge in [0, 0.05) is 0 Å². The molecule has 1 unspecified atom stereocenters. The first kappa shape index (κ1) is 12.8. The first-order valence-corrected chi connectivity index (χ1v) is 6.61. The summed E-state index contributed by atoms with van der Waals surface area (Å²) >= 11 is 0. The third-order valence-electron chi connectivity index (χ3n) is 2.50. The molecule has 0 bridgehead atoms. The maximum absolute atomic E-state index is 11.8. The Morgan fingerprint density at radius 3 is 2.69 bits per heavy atom. The second-order valence-corrected chi connectivity index (χ2v) is 6.01. The van der Waals surface area contributed by atoms with E-state index in [2.05, 4.69) is 0 Å². The number of hydrogen-bond donors (Lipinski definition) is 1. The van der Waals surface area contributed by atoms with E-state index >= 15 is 0 Å². The van der Waals surface area contributed by atoms with Gasteiger partial charge in [-0.3, -0.25) is 0 Å². The zero-order chi connectivity index (χ0) is 12.3. The number of aromatic carboxylic acids is 1. The molecule has 1 aromatic rings. The highest BCUT2D eigenvalue weighted by molar-refractivity contribution is 7.91. The van der Waals surface area contributed by atoms with Crippen LogP contribution in [0.1, 0.15) is 36.4 Å². The molecule has 0 radical (unpaired) electrons. The molecule has 0 aliphatic carbocycles. The Morgan fingerprint density at radius 1 is 1.56 bits per heavy atom. The Balaban J connectivity index is 2.97. The van der Waals surface area contributed by atoms with Crippen LogP contribution in [0.5, 0.6) is 0 Å². The summed E-state index contributed by atoms with van der Waals surface area (Å²) in [7, 11) is -3.35. The van der Waals surface area contributed by atoms with Gasteiger partial charge < -0.3 is 9.52 Å². The molecule has 5 nitrogen and oxygen atoms in total. The van der Waals surface area contributed by atoms with Crippen molar-refractivity contribution in [2.45, 2.75) is 31.3 Å². The summed E-state index contributed by atoms with van der Waals surface area (Å²) in [6.45, 7) is 3.36. The van der Waals surface area contributed by atoms with E-state index in [1.165, 1.54) is 12.3 Å². The normalized spacial score (nSPS) is 13.6. The third-order valence-corrected chi connectivity index (χ3v) is 4.72. The van der Waals surface area contributed by atoms with Crippen molar-refractivity contribution in [1.29, 1.82) is 0 Å². The molecule has 0 aromatic carbocycles. The summed E-state index contributed by atoms with van der Waals surface area (Å²) < 4.78 is 28.4. The van der Waals surface area contributed by atoms with Gasteiger partial charge in [-0.15, -0.1) is 0 Å². The minimum atomic E-state index is -3.35. The van der Waals surface area contributed by atoms with Crippen LogP contribution in [0.4, 0.5) is 0 Å². The van der Waals surface area contributed by atoms with Gasteiger partial charge in [0.15, 0.2) is 9.84 Å².